The van der Waals surface area contributed by atoms with Crippen LogP contribution in [0, 0.1) is 6.92 Å². The third-order valence-corrected chi connectivity index (χ3v) is 3.90. The van der Waals surface area contributed by atoms with Crippen molar-refractivity contribution in [2.24, 2.45) is 0 Å². The van der Waals surface area contributed by atoms with Crippen molar-refractivity contribution in [1.29, 1.82) is 0 Å². The summed E-state index contributed by atoms with van der Waals surface area (Å²) in [5, 5.41) is 4.98. The molecule has 0 aromatic heterocycles. The van der Waals surface area contributed by atoms with Gasteiger partial charge in [-0.2, -0.15) is 0 Å². The summed E-state index contributed by atoms with van der Waals surface area (Å²) >= 11 is 0. The number of hydrogen-bond acceptors (Lipinski definition) is 4. The van der Waals surface area contributed by atoms with Gasteiger partial charge in [-0.15, -0.1) is 0 Å². The molecule has 0 radical (unpaired) electrons. The summed E-state index contributed by atoms with van der Waals surface area (Å²) in [5.74, 6) is 0.354. The lowest BCUT2D eigenvalue weighted by atomic mass is 10.1. The molecule has 0 aliphatic rings. The van der Waals surface area contributed by atoms with Crippen LogP contribution < -0.4 is 15.4 Å². The van der Waals surface area contributed by atoms with E-state index in [1.54, 1.807) is 31.4 Å². The fourth-order valence-electron chi connectivity index (χ4n) is 2.55. The van der Waals surface area contributed by atoms with Gasteiger partial charge in [0.05, 0.1) is 13.7 Å². The van der Waals surface area contributed by atoms with Crippen LogP contribution in [0.2, 0.25) is 0 Å². The molecule has 0 fully saturated rings. The Bertz CT molecular complexity index is 744. The molecule has 2 rings (SSSR count). The van der Waals surface area contributed by atoms with Crippen molar-refractivity contribution in [3.63, 3.8) is 0 Å². The number of aryl methyl sites for hydroxylation is 1. The Kier molecular flexibility index (Phi) is 7.17. The van der Waals surface area contributed by atoms with Crippen LogP contribution in [0.3, 0.4) is 0 Å². The number of urea groups is 1. The summed E-state index contributed by atoms with van der Waals surface area (Å²) in [6.07, 6.45) is 0. The van der Waals surface area contributed by atoms with Gasteiger partial charge in [0.1, 0.15) is 5.75 Å². The molecule has 2 aromatic rings. The number of ether oxygens (including phenoxy) is 1. The quantitative estimate of drug-likeness (QED) is 0.800. The number of likely N-dealkylation sites (N-methyl/N-ethyl adjacent to an activating group) is 1. The van der Waals surface area contributed by atoms with E-state index in [4.69, 9.17) is 4.74 Å². The van der Waals surface area contributed by atoms with Gasteiger partial charge in [-0.1, -0.05) is 36.8 Å². The second kappa shape index (κ2) is 9.58. The first-order valence-corrected chi connectivity index (χ1v) is 8.53. The minimum absolute atomic E-state index is 0.153. The Morgan fingerprint density at radius 3 is 2.46 bits per heavy atom. The molecule has 0 aliphatic heterocycles. The Hall–Kier alpha value is -2.86. The number of amides is 3. The van der Waals surface area contributed by atoms with Crippen LogP contribution in [-0.4, -0.2) is 37.0 Å². The molecule has 0 saturated heterocycles. The number of hydrogen-bond donors (Lipinski definition) is 2. The third kappa shape index (κ3) is 6.22. The lowest BCUT2D eigenvalue weighted by Crippen LogP contribution is -2.41. The highest BCUT2D eigenvalue weighted by Crippen LogP contribution is 2.14. The van der Waals surface area contributed by atoms with Gasteiger partial charge in [-0.25, -0.2) is 4.79 Å². The second-order valence-electron chi connectivity index (χ2n) is 6.02. The largest absolute Gasteiger partial charge is 0.497 e. The fraction of sp³-hybridized carbons (Fsp3) is 0.300. The molecule has 2 N–H and O–H groups in total. The van der Waals surface area contributed by atoms with Gasteiger partial charge < -0.3 is 10.1 Å². The van der Waals surface area contributed by atoms with Crippen molar-refractivity contribution in [1.82, 2.24) is 10.2 Å². The van der Waals surface area contributed by atoms with Crippen molar-refractivity contribution in [3.8, 4) is 5.75 Å². The zero-order valence-corrected chi connectivity index (χ0v) is 15.4. The molecule has 0 bridgehead atoms. The van der Waals surface area contributed by atoms with E-state index in [0.717, 1.165) is 5.56 Å². The van der Waals surface area contributed by atoms with E-state index in [2.05, 4.69) is 16.7 Å². The van der Waals surface area contributed by atoms with Crippen LogP contribution in [0.5, 0.6) is 5.75 Å². The summed E-state index contributed by atoms with van der Waals surface area (Å²) in [5.41, 5.74) is 2.91. The van der Waals surface area contributed by atoms with Crippen molar-refractivity contribution in [3.05, 3.63) is 59.7 Å². The Morgan fingerprint density at radius 1 is 1.12 bits per heavy atom. The number of nitrogens with one attached hydrogen (secondary N) is 2. The van der Waals surface area contributed by atoms with Gasteiger partial charge in [-0.3, -0.25) is 15.0 Å². The standard InChI is InChI=1S/C20H25N3O3/c1-4-23(13-16-7-5-6-15(2)12-16)14-19(24)22-20(25)21-17-8-10-18(26-3)11-9-17/h5-12H,4,13-14H2,1-3H3,(H2,21,22,24,25). The minimum Gasteiger partial charge on any atom is -0.497 e. The second-order valence-corrected chi connectivity index (χ2v) is 6.02. The molecular formula is C20H25N3O3. The highest BCUT2D eigenvalue weighted by molar-refractivity contribution is 6.01. The van der Waals surface area contributed by atoms with Crippen LogP contribution in [0.1, 0.15) is 18.1 Å². The molecule has 0 spiro atoms. The van der Waals surface area contributed by atoms with Crippen LogP contribution in [0.15, 0.2) is 48.5 Å². The molecule has 2 aromatic carbocycles. The maximum absolute atomic E-state index is 12.1. The fourth-order valence-corrected chi connectivity index (χ4v) is 2.55. The van der Waals surface area contributed by atoms with Crippen molar-refractivity contribution in [2.75, 3.05) is 25.5 Å². The molecule has 6 nitrogen and oxygen atoms in total. The Balaban J connectivity index is 1.84. The van der Waals surface area contributed by atoms with Crippen molar-refractivity contribution < 1.29 is 14.3 Å². The van der Waals surface area contributed by atoms with Gasteiger partial charge in [0.2, 0.25) is 5.91 Å². The SMILES string of the molecule is CCN(CC(=O)NC(=O)Nc1ccc(OC)cc1)Cc1cccc(C)c1. The number of rotatable bonds is 7. The van der Waals surface area contributed by atoms with E-state index < -0.39 is 6.03 Å². The number of imide groups is 1. The van der Waals surface area contributed by atoms with E-state index in [9.17, 15) is 9.59 Å². The lowest BCUT2D eigenvalue weighted by Gasteiger charge is -2.20. The van der Waals surface area contributed by atoms with Crippen LogP contribution in [0.4, 0.5) is 10.5 Å². The summed E-state index contributed by atoms with van der Waals surface area (Å²) < 4.78 is 5.06. The highest BCUT2D eigenvalue weighted by atomic mass is 16.5. The van der Waals surface area contributed by atoms with E-state index in [1.165, 1.54) is 5.56 Å². The summed E-state index contributed by atoms with van der Waals surface area (Å²) in [4.78, 5) is 26.1. The summed E-state index contributed by atoms with van der Waals surface area (Å²) in [6, 6.07) is 14.5. The molecule has 0 aliphatic carbocycles. The average Bonchev–Trinajstić information content (AvgIpc) is 2.61. The predicted octanol–water partition coefficient (Wildman–Crippen LogP) is 3.17. The number of carbonyl (C=O) groups is 2. The molecule has 26 heavy (non-hydrogen) atoms. The molecule has 0 saturated carbocycles. The van der Waals surface area contributed by atoms with E-state index in [1.807, 2.05) is 36.9 Å². The average molecular weight is 355 g/mol. The normalized spacial score (nSPS) is 10.5. The smallest absolute Gasteiger partial charge is 0.325 e. The van der Waals surface area contributed by atoms with Gasteiger partial charge in [0, 0.05) is 12.2 Å². The molecule has 0 unspecified atom stereocenters. The van der Waals surface area contributed by atoms with Gasteiger partial charge in [-0.05, 0) is 43.3 Å². The minimum atomic E-state index is -0.549. The number of nitrogens with zero attached hydrogens (tertiary/aromatic N) is 1. The first-order valence-electron chi connectivity index (χ1n) is 8.53. The highest BCUT2D eigenvalue weighted by Gasteiger charge is 2.13. The first-order chi connectivity index (χ1) is 12.5. The van der Waals surface area contributed by atoms with Gasteiger partial charge in [0.25, 0.3) is 0 Å². The molecule has 3 amide bonds. The Morgan fingerprint density at radius 2 is 1.85 bits per heavy atom. The van der Waals surface area contributed by atoms with Gasteiger partial charge in [0.15, 0.2) is 0 Å². The van der Waals surface area contributed by atoms with E-state index in [-0.39, 0.29) is 12.5 Å². The van der Waals surface area contributed by atoms with Gasteiger partial charge >= 0.3 is 6.03 Å². The Labute approximate surface area is 154 Å². The van der Waals surface area contributed by atoms with Crippen LogP contribution in [0.25, 0.3) is 0 Å². The van der Waals surface area contributed by atoms with Crippen molar-refractivity contribution in [2.45, 2.75) is 20.4 Å². The molecule has 138 valence electrons. The number of benzene rings is 2. The first kappa shape index (κ1) is 19.5. The number of methoxy groups -OCH3 is 1. The third-order valence-electron chi connectivity index (χ3n) is 3.90. The molecule has 0 heterocycles. The maximum atomic E-state index is 12.1. The lowest BCUT2D eigenvalue weighted by molar-refractivity contribution is -0.121. The molecule has 6 heteroatoms. The van der Waals surface area contributed by atoms with Crippen LogP contribution in [-0.2, 0) is 11.3 Å². The topological polar surface area (TPSA) is 70.7 Å². The zero-order valence-electron chi connectivity index (χ0n) is 15.4. The summed E-state index contributed by atoms with van der Waals surface area (Å²) in [7, 11) is 1.57. The predicted molar refractivity (Wildman–Crippen MR) is 102 cm³/mol. The monoisotopic (exact) mass is 355 g/mol. The van der Waals surface area contributed by atoms with Crippen molar-refractivity contribution >= 4 is 17.6 Å². The van der Waals surface area contributed by atoms with E-state index >= 15 is 0 Å². The van der Waals surface area contributed by atoms with Crippen LogP contribution >= 0.6 is 0 Å². The number of carbonyl (C=O) groups excluding carboxylic acids is 2. The summed E-state index contributed by atoms with van der Waals surface area (Å²) in [6.45, 7) is 5.55. The zero-order chi connectivity index (χ0) is 18.9. The molecule has 0 atom stereocenters. The maximum Gasteiger partial charge on any atom is 0.325 e. The number of anilines is 1. The van der Waals surface area contributed by atoms with E-state index in [0.29, 0.717) is 24.5 Å². The molecular weight excluding hydrogens is 330 g/mol.